The maximum Gasteiger partial charge on any atom is 0.248 e. The van der Waals surface area contributed by atoms with Gasteiger partial charge in [0.15, 0.2) is 0 Å². The molecule has 94 valence electrons. The molecule has 4 heteroatoms. The van der Waals surface area contributed by atoms with Crippen molar-refractivity contribution in [2.75, 3.05) is 7.11 Å². The predicted octanol–water partition coefficient (Wildman–Crippen LogP) is 3.06. The molecule has 0 atom stereocenters. The van der Waals surface area contributed by atoms with Crippen LogP contribution in [0.15, 0.2) is 24.3 Å². The quantitative estimate of drug-likeness (QED) is 0.863. The summed E-state index contributed by atoms with van der Waals surface area (Å²) in [4.78, 5) is 0. The van der Waals surface area contributed by atoms with Crippen molar-refractivity contribution in [3.05, 3.63) is 29.8 Å². The molecule has 2 N–H and O–H groups in total. The van der Waals surface area contributed by atoms with E-state index < -0.39 is 11.5 Å². The molecule has 1 aromatic rings. The fourth-order valence-corrected chi connectivity index (χ4v) is 2.28. The van der Waals surface area contributed by atoms with Crippen LogP contribution in [0.25, 0.3) is 0 Å². The normalized spacial score (nSPS) is 22.1. The monoisotopic (exact) mass is 241 g/mol. The Morgan fingerprint density at radius 2 is 1.82 bits per heavy atom. The first-order valence-electron chi connectivity index (χ1n) is 5.76. The topological polar surface area (TPSA) is 35.2 Å². The summed E-state index contributed by atoms with van der Waals surface area (Å²) in [7, 11) is 1.58. The zero-order valence-electron chi connectivity index (χ0n) is 9.88. The molecule has 0 bridgehead atoms. The highest BCUT2D eigenvalue weighted by Crippen LogP contribution is 2.42. The lowest BCUT2D eigenvalue weighted by atomic mass is 9.76. The average molecular weight is 241 g/mol. The Morgan fingerprint density at radius 1 is 1.18 bits per heavy atom. The van der Waals surface area contributed by atoms with E-state index >= 15 is 0 Å². The smallest absolute Gasteiger partial charge is 0.248 e. The second kappa shape index (κ2) is 4.26. The molecule has 1 aliphatic rings. The van der Waals surface area contributed by atoms with Gasteiger partial charge in [0.1, 0.15) is 5.75 Å². The summed E-state index contributed by atoms with van der Waals surface area (Å²) in [6, 6.07) is 7.38. The fraction of sp³-hybridized carbons (Fsp3) is 0.538. The van der Waals surface area contributed by atoms with Crippen molar-refractivity contribution >= 4 is 0 Å². The zero-order chi connectivity index (χ0) is 12.5. The molecule has 1 aliphatic carbocycles. The van der Waals surface area contributed by atoms with E-state index in [9.17, 15) is 8.78 Å². The number of halogens is 2. The lowest BCUT2D eigenvalue weighted by Gasteiger charge is -2.37. The molecule has 17 heavy (non-hydrogen) atoms. The molecule has 1 fully saturated rings. The third kappa shape index (κ3) is 2.57. The van der Waals surface area contributed by atoms with Gasteiger partial charge in [0.25, 0.3) is 0 Å². The van der Waals surface area contributed by atoms with E-state index in [-0.39, 0.29) is 12.8 Å². The van der Waals surface area contributed by atoms with Crippen molar-refractivity contribution in [2.24, 2.45) is 5.73 Å². The molecular formula is C13H17F2NO. The van der Waals surface area contributed by atoms with Gasteiger partial charge in [0, 0.05) is 18.4 Å². The van der Waals surface area contributed by atoms with Gasteiger partial charge in [-0.05, 0) is 30.5 Å². The summed E-state index contributed by atoms with van der Waals surface area (Å²) in [5.74, 6) is -1.84. The molecule has 0 unspecified atom stereocenters. The van der Waals surface area contributed by atoms with Gasteiger partial charge >= 0.3 is 0 Å². The minimum Gasteiger partial charge on any atom is -0.497 e. The molecule has 0 saturated heterocycles. The van der Waals surface area contributed by atoms with E-state index in [1.165, 1.54) is 0 Å². The summed E-state index contributed by atoms with van der Waals surface area (Å²) >= 11 is 0. The Balaban J connectivity index is 2.21. The van der Waals surface area contributed by atoms with E-state index in [4.69, 9.17) is 10.5 Å². The third-order valence-corrected chi connectivity index (χ3v) is 3.52. The molecule has 1 aromatic carbocycles. The molecular weight excluding hydrogens is 224 g/mol. The maximum absolute atomic E-state index is 13.1. The van der Waals surface area contributed by atoms with E-state index in [2.05, 4.69) is 0 Å². The Bertz CT molecular complexity index is 396. The molecule has 1 saturated carbocycles. The first-order valence-corrected chi connectivity index (χ1v) is 5.76. The maximum atomic E-state index is 13.1. The van der Waals surface area contributed by atoms with Crippen LogP contribution in [0.1, 0.15) is 31.2 Å². The lowest BCUT2D eigenvalue weighted by molar-refractivity contribution is -0.0514. The minimum atomic E-state index is -2.55. The SMILES string of the molecule is COc1cccc(C2(N)CCC(F)(F)CC2)c1. The van der Waals surface area contributed by atoms with Crippen molar-refractivity contribution in [1.82, 2.24) is 0 Å². The van der Waals surface area contributed by atoms with Crippen LogP contribution in [0.4, 0.5) is 8.78 Å². The van der Waals surface area contributed by atoms with Crippen LogP contribution in [0.2, 0.25) is 0 Å². The number of benzene rings is 1. The molecule has 0 radical (unpaired) electrons. The number of methoxy groups -OCH3 is 1. The van der Waals surface area contributed by atoms with Crippen LogP contribution in [-0.2, 0) is 5.54 Å². The summed E-state index contributed by atoms with van der Waals surface area (Å²) in [6.45, 7) is 0. The first kappa shape index (κ1) is 12.3. The van der Waals surface area contributed by atoms with Crippen LogP contribution < -0.4 is 10.5 Å². The van der Waals surface area contributed by atoms with Crippen molar-refractivity contribution in [2.45, 2.75) is 37.1 Å². The lowest BCUT2D eigenvalue weighted by Crippen LogP contribution is -2.43. The number of rotatable bonds is 2. The second-order valence-corrected chi connectivity index (χ2v) is 4.74. The predicted molar refractivity (Wildman–Crippen MR) is 62.3 cm³/mol. The van der Waals surface area contributed by atoms with Gasteiger partial charge in [-0.2, -0.15) is 0 Å². The summed E-state index contributed by atoms with van der Waals surface area (Å²) < 4.78 is 31.4. The van der Waals surface area contributed by atoms with E-state index in [1.807, 2.05) is 24.3 Å². The number of hydrogen-bond acceptors (Lipinski definition) is 2. The Kier molecular flexibility index (Phi) is 3.08. The summed E-state index contributed by atoms with van der Waals surface area (Å²) in [6.07, 6.45) is 0.349. The summed E-state index contributed by atoms with van der Waals surface area (Å²) in [5.41, 5.74) is 6.48. The van der Waals surface area contributed by atoms with Gasteiger partial charge in [0.05, 0.1) is 7.11 Å². The van der Waals surface area contributed by atoms with Crippen LogP contribution in [0.5, 0.6) is 5.75 Å². The van der Waals surface area contributed by atoms with Gasteiger partial charge in [0.2, 0.25) is 5.92 Å². The molecule has 2 nitrogen and oxygen atoms in total. The van der Waals surface area contributed by atoms with Gasteiger partial charge in [-0.1, -0.05) is 12.1 Å². The van der Waals surface area contributed by atoms with E-state index in [1.54, 1.807) is 7.11 Å². The first-order chi connectivity index (χ1) is 7.95. The molecule has 0 amide bonds. The number of ether oxygens (including phenoxy) is 1. The van der Waals surface area contributed by atoms with Crippen LogP contribution in [0.3, 0.4) is 0 Å². The van der Waals surface area contributed by atoms with Crippen molar-refractivity contribution in [3.63, 3.8) is 0 Å². The number of alkyl halides is 2. The number of hydrogen-bond donors (Lipinski definition) is 1. The largest absolute Gasteiger partial charge is 0.497 e. The van der Waals surface area contributed by atoms with Crippen molar-refractivity contribution in [3.8, 4) is 5.75 Å². The highest BCUT2D eigenvalue weighted by Gasteiger charge is 2.42. The van der Waals surface area contributed by atoms with Gasteiger partial charge < -0.3 is 10.5 Å². The van der Waals surface area contributed by atoms with Crippen molar-refractivity contribution in [1.29, 1.82) is 0 Å². The van der Waals surface area contributed by atoms with Crippen molar-refractivity contribution < 1.29 is 13.5 Å². The Hall–Kier alpha value is -1.16. The zero-order valence-corrected chi connectivity index (χ0v) is 9.88. The summed E-state index contributed by atoms with van der Waals surface area (Å²) in [5, 5.41) is 0. The Labute approximate surface area is 99.8 Å². The number of nitrogens with two attached hydrogens (primary N) is 1. The van der Waals surface area contributed by atoms with E-state index in [0.29, 0.717) is 18.6 Å². The third-order valence-electron chi connectivity index (χ3n) is 3.52. The van der Waals surface area contributed by atoms with Crippen LogP contribution in [0, 0.1) is 0 Å². The van der Waals surface area contributed by atoms with Crippen LogP contribution in [-0.4, -0.2) is 13.0 Å². The highest BCUT2D eigenvalue weighted by molar-refractivity contribution is 5.33. The molecule has 2 rings (SSSR count). The Morgan fingerprint density at radius 3 is 2.41 bits per heavy atom. The molecule has 0 aliphatic heterocycles. The molecule has 0 aromatic heterocycles. The van der Waals surface area contributed by atoms with Crippen LogP contribution >= 0.6 is 0 Å². The van der Waals surface area contributed by atoms with Gasteiger partial charge in [-0.15, -0.1) is 0 Å². The molecule has 0 heterocycles. The standard InChI is InChI=1S/C13H17F2NO/c1-17-11-4-2-3-10(9-11)12(16)5-7-13(14,15)8-6-12/h2-4,9H,5-8,16H2,1H3. The molecule has 0 spiro atoms. The van der Waals surface area contributed by atoms with E-state index in [0.717, 1.165) is 5.56 Å². The minimum absolute atomic E-state index is 0.138. The second-order valence-electron chi connectivity index (χ2n) is 4.74. The fourth-order valence-electron chi connectivity index (χ4n) is 2.28. The van der Waals surface area contributed by atoms with Gasteiger partial charge in [-0.25, -0.2) is 8.78 Å². The highest BCUT2D eigenvalue weighted by atomic mass is 19.3. The average Bonchev–Trinajstić information content (AvgIpc) is 2.33. The van der Waals surface area contributed by atoms with Gasteiger partial charge in [-0.3, -0.25) is 0 Å².